The molecule has 1 N–H and O–H groups in total. The van der Waals surface area contributed by atoms with Crippen molar-refractivity contribution >= 4 is 0 Å². The molecule has 1 aliphatic carbocycles. The number of rotatable bonds is 5. The van der Waals surface area contributed by atoms with Crippen molar-refractivity contribution in [3.8, 4) is 6.07 Å². The average molecular weight is 230 g/mol. The van der Waals surface area contributed by atoms with Gasteiger partial charge in [0.25, 0.3) is 0 Å². The summed E-state index contributed by atoms with van der Waals surface area (Å²) < 4.78 is 5.26. The van der Waals surface area contributed by atoms with Gasteiger partial charge in [0.2, 0.25) is 0 Å². The molecule has 1 unspecified atom stereocenters. The van der Waals surface area contributed by atoms with E-state index in [-0.39, 0.29) is 6.04 Å². The SMILES string of the molecule is COC1CC(NC(CC#N)c2ccccc2)C1. The molecule has 1 aromatic carbocycles. The van der Waals surface area contributed by atoms with Crippen LogP contribution >= 0.6 is 0 Å². The molecule has 0 radical (unpaired) electrons. The Morgan fingerprint density at radius 1 is 1.41 bits per heavy atom. The fourth-order valence-corrected chi connectivity index (χ4v) is 2.23. The molecule has 1 saturated carbocycles. The van der Waals surface area contributed by atoms with E-state index in [1.807, 2.05) is 18.2 Å². The Kier molecular flexibility index (Phi) is 4.13. The van der Waals surface area contributed by atoms with Gasteiger partial charge >= 0.3 is 0 Å². The van der Waals surface area contributed by atoms with Gasteiger partial charge in [-0.2, -0.15) is 5.26 Å². The van der Waals surface area contributed by atoms with Gasteiger partial charge in [-0.25, -0.2) is 0 Å². The second kappa shape index (κ2) is 5.81. The van der Waals surface area contributed by atoms with Gasteiger partial charge in [0.05, 0.1) is 18.6 Å². The predicted molar refractivity (Wildman–Crippen MR) is 66.4 cm³/mol. The zero-order chi connectivity index (χ0) is 12.1. The summed E-state index contributed by atoms with van der Waals surface area (Å²) >= 11 is 0. The molecule has 0 aromatic heterocycles. The Labute approximate surface area is 102 Å². The van der Waals surface area contributed by atoms with Crippen molar-refractivity contribution in [1.82, 2.24) is 5.32 Å². The minimum atomic E-state index is 0.143. The number of ether oxygens (including phenoxy) is 1. The second-order valence-electron chi connectivity index (χ2n) is 4.52. The van der Waals surface area contributed by atoms with Crippen LogP contribution < -0.4 is 5.32 Å². The maximum Gasteiger partial charge on any atom is 0.0641 e. The van der Waals surface area contributed by atoms with Gasteiger partial charge < -0.3 is 10.1 Å². The third-order valence-electron chi connectivity index (χ3n) is 3.36. The lowest BCUT2D eigenvalue weighted by atomic mass is 9.87. The maximum atomic E-state index is 8.89. The third-order valence-corrected chi connectivity index (χ3v) is 3.36. The second-order valence-corrected chi connectivity index (χ2v) is 4.52. The van der Waals surface area contributed by atoms with Gasteiger partial charge in [-0.1, -0.05) is 30.3 Å². The van der Waals surface area contributed by atoms with E-state index in [4.69, 9.17) is 10.00 Å². The Morgan fingerprint density at radius 2 is 2.12 bits per heavy atom. The van der Waals surface area contributed by atoms with Crippen molar-refractivity contribution in [2.45, 2.75) is 37.5 Å². The molecule has 90 valence electrons. The molecule has 1 fully saturated rings. The third kappa shape index (κ3) is 3.06. The molecule has 0 amide bonds. The van der Waals surface area contributed by atoms with E-state index in [0.717, 1.165) is 12.8 Å². The molecule has 2 rings (SSSR count). The number of nitriles is 1. The van der Waals surface area contributed by atoms with Crippen molar-refractivity contribution in [2.75, 3.05) is 7.11 Å². The lowest BCUT2D eigenvalue weighted by molar-refractivity contribution is 0.0142. The van der Waals surface area contributed by atoms with Crippen molar-refractivity contribution < 1.29 is 4.74 Å². The first-order valence-corrected chi connectivity index (χ1v) is 6.04. The molecule has 1 aromatic rings. The van der Waals surface area contributed by atoms with Crippen LogP contribution in [-0.2, 0) is 4.74 Å². The van der Waals surface area contributed by atoms with Crippen LogP contribution in [0.2, 0.25) is 0 Å². The molecular weight excluding hydrogens is 212 g/mol. The number of hydrogen-bond donors (Lipinski definition) is 1. The van der Waals surface area contributed by atoms with E-state index in [0.29, 0.717) is 18.6 Å². The number of methoxy groups -OCH3 is 1. The summed E-state index contributed by atoms with van der Waals surface area (Å²) in [6.07, 6.45) is 3.00. The lowest BCUT2D eigenvalue weighted by Gasteiger charge is -2.37. The van der Waals surface area contributed by atoms with E-state index in [1.165, 1.54) is 5.56 Å². The van der Waals surface area contributed by atoms with Gasteiger partial charge in [0.15, 0.2) is 0 Å². The molecule has 17 heavy (non-hydrogen) atoms. The molecule has 1 atom stereocenters. The summed E-state index contributed by atoms with van der Waals surface area (Å²) in [4.78, 5) is 0. The fourth-order valence-electron chi connectivity index (χ4n) is 2.23. The normalized spacial score (nSPS) is 24.7. The highest BCUT2D eigenvalue weighted by Gasteiger charge is 2.30. The van der Waals surface area contributed by atoms with E-state index < -0.39 is 0 Å². The zero-order valence-corrected chi connectivity index (χ0v) is 10.1. The molecule has 0 heterocycles. The highest BCUT2D eigenvalue weighted by atomic mass is 16.5. The molecule has 0 aliphatic heterocycles. The molecule has 0 saturated heterocycles. The maximum absolute atomic E-state index is 8.89. The summed E-state index contributed by atoms with van der Waals surface area (Å²) in [5.41, 5.74) is 1.19. The highest BCUT2D eigenvalue weighted by molar-refractivity contribution is 5.20. The van der Waals surface area contributed by atoms with Crippen molar-refractivity contribution in [3.05, 3.63) is 35.9 Å². The first-order chi connectivity index (χ1) is 8.33. The minimum Gasteiger partial charge on any atom is -0.381 e. The lowest BCUT2D eigenvalue weighted by Crippen LogP contribution is -2.46. The molecule has 1 aliphatic rings. The fraction of sp³-hybridized carbons (Fsp3) is 0.500. The number of benzene rings is 1. The quantitative estimate of drug-likeness (QED) is 0.844. The van der Waals surface area contributed by atoms with Crippen molar-refractivity contribution in [1.29, 1.82) is 5.26 Å². The van der Waals surface area contributed by atoms with Crippen LogP contribution in [0.25, 0.3) is 0 Å². The van der Waals surface area contributed by atoms with Gasteiger partial charge in [-0.05, 0) is 18.4 Å². The summed E-state index contributed by atoms with van der Waals surface area (Å²) in [5.74, 6) is 0. The smallest absolute Gasteiger partial charge is 0.0641 e. The molecule has 0 bridgehead atoms. The van der Waals surface area contributed by atoms with E-state index in [1.54, 1.807) is 7.11 Å². The molecule has 3 nitrogen and oxygen atoms in total. The van der Waals surface area contributed by atoms with Crippen LogP contribution in [0.1, 0.15) is 30.9 Å². The molecular formula is C14H18N2O. The topological polar surface area (TPSA) is 45.0 Å². The highest BCUT2D eigenvalue weighted by Crippen LogP contribution is 2.26. The molecule has 3 heteroatoms. The summed E-state index contributed by atoms with van der Waals surface area (Å²) in [7, 11) is 1.75. The van der Waals surface area contributed by atoms with Crippen LogP contribution in [0, 0.1) is 11.3 Å². The largest absolute Gasteiger partial charge is 0.381 e. The van der Waals surface area contributed by atoms with Gasteiger partial charge in [0, 0.05) is 19.2 Å². The monoisotopic (exact) mass is 230 g/mol. The zero-order valence-electron chi connectivity index (χ0n) is 10.1. The van der Waals surface area contributed by atoms with Crippen molar-refractivity contribution in [2.24, 2.45) is 0 Å². The van der Waals surface area contributed by atoms with Crippen LogP contribution in [0.3, 0.4) is 0 Å². The Balaban J connectivity index is 1.93. The molecule has 0 spiro atoms. The van der Waals surface area contributed by atoms with E-state index in [2.05, 4.69) is 23.5 Å². The number of hydrogen-bond acceptors (Lipinski definition) is 3. The van der Waals surface area contributed by atoms with Gasteiger partial charge in [0.1, 0.15) is 0 Å². The summed E-state index contributed by atoms with van der Waals surface area (Å²) in [6.45, 7) is 0. The number of nitrogens with one attached hydrogen (secondary N) is 1. The first kappa shape index (κ1) is 12.1. The van der Waals surface area contributed by atoms with E-state index in [9.17, 15) is 0 Å². The van der Waals surface area contributed by atoms with Crippen LogP contribution in [0.15, 0.2) is 30.3 Å². The van der Waals surface area contributed by atoms with Crippen LogP contribution in [0.5, 0.6) is 0 Å². The first-order valence-electron chi connectivity index (χ1n) is 6.04. The minimum absolute atomic E-state index is 0.143. The van der Waals surface area contributed by atoms with Gasteiger partial charge in [-0.15, -0.1) is 0 Å². The predicted octanol–water partition coefficient (Wildman–Crippen LogP) is 2.41. The van der Waals surface area contributed by atoms with Crippen molar-refractivity contribution in [3.63, 3.8) is 0 Å². The Hall–Kier alpha value is -1.37. The summed E-state index contributed by atoms with van der Waals surface area (Å²) in [5, 5.41) is 12.4. The Bertz CT molecular complexity index is 379. The standard InChI is InChI=1S/C14H18N2O/c1-17-13-9-12(10-13)16-14(7-8-15)11-5-3-2-4-6-11/h2-6,12-14,16H,7,9-10H2,1H3. The van der Waals surface area contributed by atoms with Gasteiger partial charge in [-0.3, -0.25) is 0 Å². The summed E-state index contributed by atoms with van der Waals surface area (Å²) in [6, 6.07) is 13.0. The Morgan fingerprint density at radius 3 is 2.71 bits per heavy atom. The van der Waals surface area contributed by atoms with Crippen LogP contribution in [0.4, 0.5) is 0 Å². The van der Waals surface area contributed by atoms with E-state index >= 15 is 0 Å². The van der Waals surface area contributed by atoms with Crippen LogP contribution in [-0.4, -0.2) is 19.3 Å². The number of nitrogens with zero attached hydrogens (tertiary/aromatic N) is 1. The average Bonchev–Trinajstić information content (AvgIpc) is 2.33.